The minimum absolute atomic E-state index is 0.0431. The number of carboxylic acid groups (broad SMARTS) is 1. The molecular weight excluding hydrogens is 272 g/mol. The predicted octanol–water partition coefficient (Wildman–Crippen LogP) is -0.0121. The Morgan fingerprint density at radius 3 is 2.47 bits per heavy atom. The van der Waals surface area contributed by atoms with Crippen LogP contribution >= 0.6 is 0 Å². The smallest absolute Gasteiger partial charge is 0.335 e. The molecule has 7 nitrogen and oxygen atoms in total. The monoisotopic (exact) mass is 286 g/mol. The molecule has 8 heteroatoms. The maximum absolute atomic E-state index is 12.3. The highest BCUT2D eigenvalue weighted by atomic mass is 32.2. The van der Waals surface area contributed by atoms with E-state index in [9.17, 15) is 13.2 Å². The van der Waals surface area contributed by atoms with Gasteiger partial charge in [-0.2, -0.15) is 4.31 Å². The number of sulfonamides is 1. The summed E-state index contributed by atoms with van der Waals surface area (Å²) in [5.41, 5.74) is 5.54. The Labute approximate surface area is 110 Å². The van der Waals surface area contributed by atoms with Gasteiger partial charge in [0.2, 0.25) is 10.0 Å². The number of nitrogen functional groups attached to an aromatic ring is 1. The van der Waals surface area contributed by atoms with Crippen LogP contribution in [0, 0.1) is 0 Å². The lowest BCUT2D eigenvalue weighted by molar-refractivity contribution is 0.0697. The molecule has 1 fully saturated rings. The lowest BCUT2D eigenvalue weighted by Gasteiger charge is -2.26. The van der Waals surface area contributed by atoms with Crippen LogP contribution in [0.15, 0.2) is 23.1 Å². The zero-order chi connectivity index (χ0) is 14.0. The lowest BCUT2D eigenvalue weighted by Crippen LogP contribution is -2.40. The molecule has 1 aliphatic rings. The summed E-state index contributed by atoms with van der Waals surface area (Å²) in [5, 5.41) is 8.82. The van der Waals surface area contributed by atoms with Gasteiger partial charge in [0.15, 0.2) is 0 Å². The third-order valence-corrected chi connectivity index (χ3v) is 4.82. The van der Waals surface area contributed by atoms with Gasteiger partial charge in [-0.15, -0.1) is 0 Å². The molecule has 1 heterocycles. The van der Waals surface area contributed by atoms with E-state index in [2.05, 4.69) is 0 Å². The number of carbonyl (C=O) groups is 1. The Bertz CT molecular complexity index is 593. The summed E-state index contributed by atoms with van der Waals surface area (Å²) < 4.78 is 31.0. The number of rotatable bonds is 3. The number of morpholine rings is 1. The Balaban J connectivity index is 2.37. The molecule has 0 atom stereocenters. The molecule has 3 N–H and O–H groups in total. The van der Waals surface area contributed by atoms with E-state index in [4.69, 9.17) is 15.6 Å². The van der Waals surface area contributed by atoms with Gasteiger partial charge in [0.1, 0.15) is 4.90 Å². The molecule has 1 aromatic rings. The van der Waals surface area contributed by atoms with Crippen molar-refractivity contribution in [1.29, 1.82) is 0 Å². The number of aromatic carboxylic acids is 1. The standard InChI is InChI=1S/C11H14N2O5S/c12-9-7-8(11(14)15)1-2-10(9)19(16,17)13-3-5-18-6-4-13/h1-2,7H,3-6,12H2,(H,14,15). The van der Waals surface area contributed by atoms with Crippen LogP contribution in [-0.4, -0.2) is 50.1 Å². The van der Waals surface area contributed by atoms with Crippen molar-refractivity contribution in [3.8, 4) is 0 Å². The molecule has 1 aromatic carbocycles. The minimum Gasteiger partial charge on any atom is -0.478 e. The molecule has 0 saturated carbocycles. The highest BCUT2D eigenvalue weighted by molar-refractivity contribution is 7.89. The van der Waals surface area contributed by atoms with Gasteiger partial charge in [-0.05, 0) is 18.2 Å². The number of anilines is 1. The molecule has 0 spiro atoms. The molecular formula is C11H14N2O5S. The van der Waals surface area contributed by atoms with Gasteiger partial charge in [0.05, 0.1) is 24.5 Å². The fourth-order valence-electron chi connectivity index (χ4n) is 1.84. The first-order valence-electron chi connectivity index (χ1n) is 5.63. The molecule has 19 heavy (non-hydrogen) atoms. The van der Waals surface area contributed by atoms with Crippen molar-refractivity contribution >= 4 is 21.7 Å². The van der Waals surface area contributed by atoms with Crippen molar-refractivity contribution in [2.24, 2.45) is 0 Å². The van der Waals surface area contributed by atoms with Crippen molar-refractivity contribution in [2.75, 3.05) is 32.0 Å². The summed E-state index contributed by atoms with van der Waals surface area (Å²) in [6, 6.07) is 3.60. The van der Waals surface area contributed by atoms with Gasteiger partial charge in [-0.1, -0.05) is 0 Å². The second kappa shape index (κ2) is 5.16. The van der Waals surface area contributed by atoms with Crippen LogP contribution in [0.3, 0.4) is 0 Å². The SMILES string of the molecule is Nc1cc(C(=O)O)ccc1S(=O)(=O)N1CCOCC1. The highest BCUT2D eigenvalue weighted by Crippen LogP contribution is 2.24. The van der Waals surface area contributed by atoms with Gasteiger partial charge < -0.3 is 15.6 Å². The number of carboxylic acids is 1. The summed E-state index contributed by atoms with van der Waals surface area (Å²) in [6.07, 6.45) is 0. The number of nitrogens with zero attached hydrogens (tertiary/aromatic N) is 1. The Hall–Kier alpha value is -1.64. The van der Waals surface area contributed by atoms with E-state index in [1.54, 1.807) is 0 Å². The number of nitrogens with two attached hydrogens (primary N) is 1. The van der Waals surface area contributed by atoms with E-state index in [0.717, 1.165) is 6.07 Å². The average molecular weight is 286 g/mol. The second-order valence-corrected chi connectivity index (χ2v) is 5.98. The molecule has 0 radical (unpaired) electrons. The molecule has 0 amide bonds. The van der Waals surface area contributed by atoms with Crippen LogP contribution in [0.4, 0.5) is 5.69 Å². The predicted molar refractivity (Wildman–Crippen MR) is 67.4 cm³/mol. The highest BCUT2D eigenvalue weighted by Gasteiger charge is 2.28. The first kappa shape index (κ1) is 13.8. The third-order valence-electron chi connectivity index (χ3n) is 2.84. The van der Waals surface area contributed by atoms with Gasteiger partial charge in [0, 0.05) is 13.1 Å². The Kier molecular flexibility index (Phi) is 3.74. The van der Waals surface area contributed by atoms with Crippen LogP contribution in [-0.2, 0) is 14.8 Å². The van der Waals surface area contributed by atoms with Crippen molar-refractivity contribution in [3.63, 3.8) is 0 Å². The maximum Gasteiger partial charge on any atom is 0.335 e. The van der Waals surface area contributed by atoms with Crippen LogP contribution in [0.1, 0.15) is 10.4 Å². The molecule has 0 aromatic heterocycles. The van der Waals surface area contributed by atoms with E-state index in [-0.39, 0.29) is 29.2 Å². The van der Waals surface area contributed by atoms with Gasteiger partial charge in [-0.25, -0.2) is 13.2 Å². The summed E-state index contributed by atoms with van der Waals surface area (Å²) in [4.78, 5) is 10.7. The average Bonchev–Trinajstić information content (AvgIpc) is 2.39. The first-order valence-corrected chi connectivity index (χ1v) is 7.07. The van der Waals surface area contributed by atoms with E-state index < -0.39 is 16.0 Å². The summed E-state index contributed by atoms with van der Waals surface area (Å²) in [7, 11) is -3.70. The van der Waals surface area contributed by atoms with Crippen LogP contribution in [0.2, 0.25) is 0 Å². The van der Waals surface area contributed by atoms with Crippen molar-refractivity contribution in [3.05, 3.63) is 23.8 Å². The van der Waals surface area contributed by atoms with Crippen LogP contribution in [0.25, 0.3) is 0 Å². The first-order chi connectivity index (χ1) is 8.93. The Morgan fingerprint density at radius 1 is 1.32 bits per heavy atom. The maximum atomic E-state index is 12.3. The largest absolute Gasteiger partial charge is 0.478 e. The molecule has 0 bridgehead atoms. The van der Waals surface area contributed by atoms with E-state index >= 15 is 0 Å². The number of hydrogen-bond donors (Lipinski definition) is 2. The molecule has 1 aliphatic heterocycles. The minimum atomic E-state index is -3.70. The topological polar surface area (TPSA) is 110 Å². The van der Waals surface area contributed by atoms with Gasteiger partial charge in [-0.3, -0.25) is 0 Å². The summed E-state index contributed by atoms with van der Waals surface area (Å²) in [5.74, 6) is -1.15. The molecule has 0 unspecified atom stereocenters. The van der Waals surface area contributed by atoms with Gasteiger partial charge >= 0.3 is 5.97 Å². The summed E-state index contributed by atoms with van der Waals surface area (Å²) >= 11 is 0. The van der Waals surface area contributed by atoms with E-state index in [0.29, 0.717) is 13.2 Å². The van der Waals surface area contributed by atoms with Crippen LogP contribution in [0.5, 0.6) is 0 Å². The Morgan fingerprint density at radius 2 is 1.95 bits per heavy atom. The fraction of sp³-hybridized carbons (Fsp3) is 0.364. The number of hydrogen-bond acceptors (Lipinski definition) is 5. The molecule has 1 saturated heterocycles. The molecule has 104 valence electrons. The zero-order valence-electron chi connectivity index (χ0n) is 10.1. The summed E-state index contributed by atoms with van der Waals surface area (Å²) in [6.45, 7) is 1.21. The van der Waals surface area contributed by atoms with E-state index in [1.165, 1.54) is 16.4 Å². The molecule has 2 rings (SSSR count). The second-order valence-electron chi connectivity index (χ2n) is 4.07. The zero-order valence-corrected chi connectivity index (χ0v) is 10.9. The van der Waals surface area contributed by atoms with E-state index in [1.807, 2.05) is 0 Å². The lowest BCUT2D eigenvalue weighted by atomic mass is 10.2. The number of ether oxygens (including phenoxy) is 1. The normalized spacial score (nSPS) is 17.3. The van der Waals surface area contributed by atoms with Crippen molar-refractivity contribution in [2.45, 2.75) is 4.90 Å². The fourth-order valence-corrected chi connectivity index (χ4v) is 3.35. The van der Waals surface area contributed by atoms with Crippen LogP contribution < -0.4 is 5.73 Å². The van der Waals surface area contributed by atoms with Crippen molar-refractivity contribution < 1.29 is 23.1 Å². The number of benzene rings is 1. The third kappa shape index (κ3) is 2.70. The van der Waals surface area contributed by atoms with Crippen molar-refractivity contribution in [1.82, 2.24) is 4.31 Å². The van der Waals surface area contributed by atoms with Gasteiger partial charge in [0.25, 0.3) is 0 Å². The quantitative estimate of drug-likeness (QED) is 0.756. The molecule has 0 aliphatic carbocycles.